The molecule has 0 aromatic heterocycles. The van der Waals surface area contributed by atoms with E-state index in [0.29, 0.717) is 12.6 Å². The molecule has 1 rings (SSSR count). The van der Waals surface area contributed by atoms with E-state index in [-0.39, 0.29) is 11.8 Å². The first-order valence-electron chi connectivity index (χ1n) is 7.05. The Balaban J connectivity index is 2.31. The summed E-state index contributed by atoms with van der Waals surface area (Å²) in [6, 6.07) is 0.397. The van der Waals surface area contributed by atoms with Gasteiger partial charge in [-0.15, -0.1) is 0 Å². The van der Waals surface area contributed by atoms with Crippen LogP contribution in [0.4, 0.5) is 0 Å². The van der Waals surface area contributed by atoms with Gasteiger partial charge in [0.05, 0.1) is 0 Å². The quantitative estimate of drug-likeness (QED) is 0.774. The SMILES string of the molecule is CC(CCCN)C(=O)NC1CCC(C)C(C)C1. The van der Waals surface area contributed by atoms with Crippen molar-refractivity contribution in [3.8, 4) is 0 Å². The van der Waals surface area contributed by atoms with Crippen molar-refractivity contribution in [3.63, 3.8) is 0 Å². The Morgan fingerprint density at radius 1 is 1.35 bits per heavy atom. The van der Waals surface area contributed by atoms with Crippen LogP contribution in [0, 0.1) is 17.8 Å². The highest BCUT2D eigenvalue weighted by atomic mass is 16.1. The predicted octanol–water partition coefficient (Wildman–Crippen LogP) is 2.30. The zero-order valence-electron chi connectivity index (χ0n) is 11.5. The van der Waals surface area contributed by atoms with Gasteiger partial charge in [-0.1, -0.05) is 20.8 Å². The van der Waals surface area contributed by atoms with Gasteiger partial charge in [-0.05, 0) is 50.5 Å². The molecule has 0 heterocycles. The summed E-state index contributed by atoms with van der Waals surface area (Å²) < 4.78 is 0. The molecule has 0 bridgehead atoms. The summed E-state index contributed by atoms with van der Waals surface area (Å²) in [4.78, 5) is 12.0. The highest BCUT2D eigenvalue weighted by molar-refractivity contribution is 5.78. The fourth-order valence-corrected chi connectivity index (χ4v) is 2.58. The fourth-order valence-electron chi connectivity index (χ4n) is 2.58. The molecule has 1 aliphatic rings. The van der Waals surface area contributed by atoms with Crippen LogP contribution >= 0.6 is 0 Å². The topological polar surface area (TPSA) is 55.1 Å². The van der Waals surface area contributed by atoms with Crippen molar-refractivity contribution in [2.45, 2.75) is 58.9 Å². The number of nitrogens with two attached hydrogens (primary N) is 1. The summed E-state index contributed by atoms with van der Waals surface area (Å²) in [7, 11) is 0. The van der Waals surface area contributed by atoms with Gasteiger partial charge in [0.1, 0.15) is 0 Å². The Kier molecular flexibility index (Phi) is 5.96. The lowest BCUT2D eigenvalue weighted by atomic mass is 9.79. The van der Waals surface area contributed by atoms with Crippen molar-refractivity contribution in [2.24, 2.45) is 23.5 Å². The average Bonchev–Trinajstić information content (AvgIpc) is 2.30. The third kappa shape index (κ3) is 4.66. The van der Waals surface area contributed by atoms with Crippen LogP contribution in [0.1, 0.15) is 52.9 Å². The summed E-state index contributed by atoms with van der Waals surface area (Å²) in [6.45, 7) is 7.28. The molecule has 4 atom stereocenters. The number of carbonyl (C=O) groups is 1. The average molecular weight is 240 g/mol. The van der Waals surface area contributed by atoms with Crippen LogP contribution in [0.15, 0.2) is 0 Å². The summed E-state index contributed by atoms with van der Waals surface area (Å²) in [5.41, 5.74) is 5.46. The van der Waals surface area contributed by atoms with Gasteiger partial charge in [-0.25, -0.2) is 0 Å². The van der Waals surface area contributed by atoms with Crippen LogP contribution in [0.25, 0.3) is 0 Å². The van der Waals surface area contributed by atoms with Gasteiger partial charge in [0, 0.05) is 12.0 Å². The molecule has 0 aromatic rings. The Bertz CT molecular complexity index is 242. The molecular formula is C14H28N2O. The summed E-state index contributed by atoms with van der Waals surface area (Å²) in [5, 5.41) is 3.20. The standard InChI is InChI=1S/C14H28N2O/c1-10-6-7-13(9-12(10)3)16-14(17)11(2)5-4-8-15/h10-13H,4-9,15H2,1-3H3,(H,16,17). The van der Waals surface area contributed by atoms with Gasteiger partial charge in [0.2, 0.25) is 5.91 Å². The third-order valence-corrected chi connectivity index (χ3v) is 4.23. The number of rotatable bonds is 5. The van der Waals surface area contributed by atoms with Gasteiger partial charge < -0.3 is 11.1 Å². The smallest absolute Gasteiger partial charge is 0.223 e. The van der Waals surface area contributed by atoms with E-state index in [0.717, 1.165) is 37.5 Å². The second kappa shape index (κ2) is 7.00. The van der Waals surface area contributed by atoms with E-state index in [9.17, 15) is 4.79 Å². The van der Waals surface area contributed by atoms with E-state index < -0.39 is 0 Å². The third-order valence-electron chi connectivity index (χ3n) is 4.23. The van der Waals surface area contributed by atoms with Crippen molar-refractivity contribution >= 4 is 5.91 Å². The molecule has 3 heteroatoms. The van der Waals surface area contributed by atoms with E-state index in [1.807, 2.05) is 6.92 Å². The van der Waals surface area contributed by atoms with Crippen molar-refractivity contribution < 1.29 is 4.79 Å². The molecule has 100 valence electrons. The van der Waals surface area contributed by atoms with Crippen LogP contribution in [-0.4, -0.2) is 18.5 Å². The first-order chi connectivity index (χ1) is 8.04. The van der Waals surface area contributed by atoms with E-state index in [1.165, 1.54) is 6.42 Å². The van der Waals surface area contributed by atoms with Crippen LogP contribution in [0.2, 0.25) is 0 Å². The Morgan fingerprint density at radius 3 is 2.65 bits per heavy atom. The van der Waals surface area contributed by atoms with Gasteiger partial charge in [0.15, 0.2) is 0 Å². The minimum atomic E-state index is 0.105. The zero-order valence-corrected chi connectivity index (χ0v) is 11.5. The number of hydrogen-bond acceptors (Lipinski definition) is 2. The van der Waals surface area contributed by atoms with E-state index in [1.54, 1.807) is 0 Å². The Labute approximate surface area is 106 Å². The molecule has 3 nitrogen and oxygen atoms in total. The molecule has 4 unspecified atom stereocenters. The fraction of sp³-hybridized carbons (Fsp3) is 0.929. The van der Waals surface area contributed by atoms with E-state index in [2.05, 4.69) is 19.2 Å². The number of amides is 1. The van der Waals surface area contributed by atoms with Gasteiger partial charge in [0.25, 0.3) is 0 Å². The van der Waals surface area contributed by atoms with E-state index >= 15 is 0 Å². The molecular weight excluding hydrogens is 212 g/mol. The summed E-state index contributed by atoms with van der Waals surface area (Å²) in [5.74, 6) is 1.85. The highest BCUT2D eigenvalue weighted by Crippen LogP contribution is 2.29. The van der Waals surface area contributed by atoms with Crippen molar-refractivity contribution in [1.29, 1.82) is 0 Å². The lowest BCUT2D eigenvalue weighted by Crippen LogP contribution is -2.42. The summed E-state index contributed by atoms with van der Waals surface area (Å²) in [6.07, 6.45) is 5.36. The molecule has 0 saturated heterocycles. The lowest BCUT2D eigenvalue weighted by Gasteiger charge is -2.33. The molecule has 0 aliphatic heterocycles. The van der Waals surface area contributed by atoms with Gasteiger partial charge in [-0.3, -0.25) is 4.79 Å². The predicted molar refractivity (Wildman–Crippen MR) is 71.6 cm³/mol. The van der Waals surface area contributed by atoms with E-state index in [4.69, 9.17) is 5.73 Å². The number of nitrogens with one attached hydrogen (secondary N) is 1. The molecule has 3 N–H and O–H groups in total. The maximum atomic E-state index is 12.0. The molecule has 0 spiro atoms. The first kappa shape index (κ1) is 14.5. The maximum absolute atomic E-state index is 12.0. The van der Waals surface area contributed by atoms with Crippen LogP contribution < -0.4 is 11.1 Å². The maximum Gasteiger partial charge on any atom is 0.223 e. The highest BCUT2D eigenvalue weighted by Gasteiger charge is 2.26. The van der Waals surface area contributed by atoms with Crippen LogP contribution in [-0.2, 0) is 4.79 Å². The second-order valence-corrected chi connectivity index (χ2v) is 5.81. The van der Waals surface area contributed by atoms with Crippen LogP contribution in [0.3, 0.4) is 0 Å². The summed E-state index contributed by atoms with van der Waals surface area (Å²) >= 11 is 0. The van der Waals surface area contributed by atoms with Crippen molar-refractivity contribution in [2.75, 3.05) is 6.54 Å². The number of carbonyl (C=O) groups excluding carboxylic acids is 1. The number of hydrogen-bond donors (Lipinski definition) is 2. The molecule has 0 radical (unpaired) electrons. The van der Waals surface area contributed by atoms with Crippen molar-refractivity contribution in [1.82, 2.24) is 5.32 Å². The minimum absolute atomic E-state index is 0.105. The van der Waals surface area contributed by atoms with Crippen LogP contribution in [0.5, 0.6) is 0 Å². The lowest BCUT2D eigenvalue weighted by molar-refractivity contribution is -0.125. The largest absolute Gasteiger partial charge is 0.353 e. The van der Waals surface area contributed by atoms with Crippen molar-refractivity contribution in [3.05, 3.63) is 0 Å². The molecule has 1 saturated carbocycles. The molecule has 1 fully saturated rings. The van der Waals surface area contributed by atoms with Gasteiger partial charge in [-0.2, -0.15) is 0 Å². The first-order valence-corrected chi connectivity index (χ1v) is 7.05. The normalized spacial score (nSPS) is 30.9. The zero-order chi connectivity index (χ0) is 12.8. The Hall–Kier alpha value is -0.570. The molecule has 1 aliphatic carbocycles. The molecule has 17 heavy (non-hydrogen) atoms. The molecule has 1 amide bonds. The second-order valence-electron chi connectivity index (χ2n) is 5.81. The Morgan fingerprint density at radius 2 is 2.06 bits per heavy atom. The molecule has 0 aromatic carbocycles. The monoisotopic (exact) mass is 240 g/mol. The van der Waals surface area contributed by atoms with Gasteiger partial charge >= 0.3 is 0 Å². The minimum Gasteiger partial charge on any atom is -0.353 e.